The van der Waals surface area contributed by atoms with Crippen molar-refractivity contribution in [3.8, 4) is 11.5 Å². The highest BCUT2D eigenvalue weighted by Crippen LogP contribution is 2.32. The smallest absolute Gasteiger partial charge is 0.142 e. The minimum atomic E-state index is -0.372. The maximum atomic E-state index is 13.3. The van der Waals surface area contributed by atoms with Crippen molar-refractivity contribution in [3.63, 3.8) is 0 Å². The van der Waals surface area contributed by atoms with Gasteiger partial charge in [-0.3, -0.25) is 0 Å². The summed E-state index contributed by atoms with van der Waals surface area (Å²) < 4.78 is 19.1. The zero-order valence-electron chi connectivity index (χ0n) is 12.4. The minimum Gasteiger partial charge on any atom is -0.508 e. The Balaban J connectivity index is 2.23. The van der Waals surface area contributed by atoms with E-state index >= 15 is 0 Å². The van der Waals surface area contributed by atoms with Crippen LogP contribution in [-0.2, 0) is 0 Å². The number of halogens is 1. The lowest BCUT2D eigenvalue weighted by Crippen LogP contribution is -2.11. The maximum absolute atomic E-state index is 13.3. The molecule has 0 bridgehead atoms. The van der Waals surface area contributed by atoms with Crippen molar-refractivity contribution < 1.29 is 14.2 Å². The van der Waals surface area contributed by atoms with E-state index in [2.05, 4.69) is 5.32 Å². The summed E-state index contributed by atoms with van der Waals surface area (Å²) in [5.74, 6) is 0.428. The molecule has 4 heteroatoms. The minimum absolute atomic E-state index is 0.0610. The average Bonchev–Trinajstić information content (AvgIpc) is 2.43. The van der Waals surface area contributed by atoms with Gasteiger partial charge in [0, 0.05) is 5.56 Å². The molecule has 1 unspecified atom stereocenters. The van der Waals surface area contributed by atoms with Crippen LogP contribution in [0, 0.1) is 5.82 Å². The number of anilines is 1. The molecule has 3 nitrogen and oxygen atoms in total. The molecule has 0 saturated carbocycles. The summed E-state index contributed by atoms with van der Waals surface area (Å²) in [5.41, 5.74) is 1.32. The van der Waals surface area contributed by atoms with Crippen LogP contribution in [0.25, 0.3) is 0 Å². The summed E-state index contributed by atoms with van der Waals surface area (Å²) in [6.45, 7) is 5.78. The van der Waals surface area contributed by atoms with E-state index in [1.165, 1.54) is 18.2 Å². The molecule has 0 amide bonds. The number of benzene rings is 2. The number of phenols is 1. The van der Waals surface area contributed by atoms with E-state index in [-0.39, 0.29) is 23.7 Å². The van der Waals surface area contributed by atoms with E-state index in [0.717, 1.165) is 11.4 Å². The Labute approximate surface area is 124 Å². The molecule has 0 aliphatic rings. The van der Waals surface area contributed by atoms with Crippen LogP contribution in [0.5, 0.6) is 11.5 Å². The van der Waals surface area contributed by atoms with E-state index in [4.69, 9.17) is 4.74 Å². The highest BCUT2D eigenvalue weighted by Gasteiger charge is 2.14. The first-order valence-corrected chi connectivity index (χ1v) is 6.98. The van der Waals surface area contributed by atoms with Crippen LogP contribution in [0.3, 0.4) is 0 Å². The average molecular weight is 289 g/mol. The fraction of sp³-hybridized carbons (Fsp3) is 0.294. The summed E-state index contributed by atoms with van der Waals surface area (Å²) in [5, 5.41) is 13.1. The zero-order chi connectivity index (χ0) is 15.4. The van der Waals surface area contributed by atoms with Gasteiger partial charge in [-0.15, -0.1) is 0 Å². The standard InChI is InChI=1S/C17H20FNO2/c1-11(2)21-17-7-5-4-6-15(17)19-12(3)14-10-13(18)8-9-16(14)20/h4-12,19-20H,1-3H3. The van der Waals surface area contributed by atoms with E-state index in [1.807, 2.05) is 45.0 Å². The van der Waals surface area contributed by atoms with E-state index in [0.29, 0.717) is 5.56 Å². The molecule has 2 rings (SSSR count). The Hall–Kier alpha value is -2.23. The van der Waals surface area contributed by atoms with E-state index in [9.17, 15) is 9.50 Å². The molecular formula is C17H20FNO2. The lowest BCUT2D eigenvalue weighted by molar-refractivity contribution is 0.243. The molecule has 2 N–H and O–H groups in total. The first-order chi connectivity index (χ1) is 9.97. The molecule has 2 aromatic carbocycles. The van der Waals surface area contributed by atoms with Crippen molar-refractivity contribution in [3.05, 3.63) is 53.8 Å². The van der Waals surface area contributed by atoms with Gasteiger partial charge in [-0.05, 0) is 51.1 Å². The van der Waals surface area contributed by atoms with Gasteiger partial charge in [0.15, 0.2) is 0 Å². The second-order valence-corrected chi connectivity index (χ2v) is 5.23. The van der Waals surface area contributed by atoms with Gasteiger partial charge in [-0.2, -0.15) is 0 Å². The van der Waals surface area contributed by atoms with Crippen molar-refractivity contribution >= 4 is 5.69 Å². The van der Waals surface area contributed by atoms with E-state index < -0.39 is 0 Å². The summed E-state index contributed by atoms with van der Waals surface area (Å²) in [6, 6.07) is 11.2. The molecule has 0 aliphatic heterocycles. The molecule has 0 heterocycles. The first-order valence-electron chi connectivity index (χ1n) is 6.98. The fourth-order valence-electron chi connectivity index (χ4n) is 2.13. The number of nitrogens with one attached hydrogen (secondary N) is 1. The SMILES string of the molecule is CC(C)Oc1ccccc1NC(C)c1cc(F)ccc1O. The van der Waals surface area contributed by atoms with Gasteiger partial charge < -0.3 is 15.2 Å². The molecular weight excluding hydrogens is 269 g/mol. The van der Waals surface area contributed by atoms with Gasteiger partial charge >= 0.3 is 0 Å². The lowest BCUT2D eigenvalue weighted by Gasteiger charge is -2.20. The summed E-state index contributed by atoms with van der Waals surface area (Å²) in [7, 11) is 0. The van der Waals surface area contributed by atoms with Crippen molar-refractivity contribution in [1.82, 2.24) is 0 Å². The third-order valence-corrected chi connectivity index (χ3v) is 3.08. The van der Waals surface area contributed by atoms with Gasteiger partial charge in [0.05, 0.1) is 17.8 Å². The van der Waals surface area contributed by atoms with Gasteiger partial charge in [-0.1, -0.05) is 12.1 Å². The van der Waals surface area contributed by atoms with Crippen molar-refractivity contribution in [2.24, 2.45) is 0 Å². The molecule has 2 aromatic rings. The zero-order valence-corrected chi connectivity index (χ0v) is 12.4. The van der Waals surface area contributed by atoms with Crippen LogP contribution in [0.1, 0.15) is 32.4 Å². The number of rotatable bonds is 5. The summed E-state index contributed by atoms with van der Waals surface area (Å²) in [6.07, 6.45) is 0.0610. The highest BCUT2D eigenvalue weighted by molar-refractivity contribution is 5.58. The molecule has 0 spiro atoms. The Kier molecular flexibility index (Phi) is 4.68. The van der Waals surface area contributed by atoms with Gasteiger partial charge in [0.2, 0.25) is 0 Å². The van der Waals surface area contributed by atoms with E-state index in [1.54, 1.807) is 0 Å². The number of phenolic OH excluding ortho intramolecular Hbond substituents is 1. The predicted octanol–water partition coefficient (Wildman–Crippen LogP) is 4.49. The number of hydrogen-bond donors (Lipinski definition) is 2. The molecule has 0 radical (unpaired) electrons. The van der Waals surface area contributed by atoms with Crippen LogP contribution < -0.4 is 10.1 Å². The number of aromatic hydroxyl groups is 1. The second kappa shape index (κ2) is 6.48. The Morgan fingerprint density at radius 2 is 1.81 bits per heavy atom. The molecule has 0 aromatic heterocycles. The van der Waals surface area contributed by atoms with Crippen LogP contribution in [0.15, 0.2) is 42.5 Å². The Morgan fingerprint density at radius 3 is 2.52 bits per heavy atom. The van der Waals surface area contributed by atoms with Crippen molar-refractivity contribution in [2.75, 3.05) is 5.32 Å². The maximum Gasteiger partial charge on any atom is 0.142 e. The van der Waals surface area contributed by atoms with Crippen LogP contribution in [-0.4, -0.2) is 11.2 Å². The predicted molar refractivity (Wildman–Crippen MR) is 82.3 cm³/mol. The summed E-state index contributed by atoms with van der Waals surface area (Å²) in [4.78, 5) is 0. The van der Waals surface area contributed by atoms with Crippen molar-refractivity contribution in [1.29, 1.82) is 0 Å². The normalized spacial score (nSPS) is 12.2. The van der Waals surface area contributed by atoms with Crippen molar-refractivity contribution in [2.45, 2.75) is 32.9 Å². The third kappa shape index (κ3) is 3.88. The molecule has 1 atom stereocenters. The topological polar surface area (TPSA) is 41.5 Å². The van der Waals surface area contributed by atoms with Gasteiger partial charge in [0.1, 0.15) is 17.3 Å². The quantitative estimate of drug-likeness (QED) is 0.852. The monoisotopic (exact) mass is 289 g/mol. The Bertz CT molecular complexity index is 613. The molecule has 21 heavy (non-hydrogen) atoms. The van der Waals surface area contributed by atoms with Crippen LogP contribution in [0.4, 0.5) is 10.1 Å². The first kappa shape index (κ1) is 15.2. The highest BCUT2D eigenvalue weighted by atomic mass is 19.1. The molecule has 0 aliphatic carbocycles. The van der Waals surface area contributed by atoms with Crippen LogP contribution in [0.2, 0.25) is 0 Å². The van der Waals surface area contributed by atoms with Gasteiger partial charge in [-0.25, -0.2) is 4.39 Å². The fourth-order valence-corrected chi connectivity index (χ4v) is 2.13. The molecule has 0 saturated heterocycles. The lowest BCUT2D eigenvalue weighted by atomic mass is 10.1. The number of hydrogen-bond acceptors (Lipinski definition) is 3. The molecule has 112 valence electrons. The molecule has 0 fully saturated rings. The largest absolute Gasteiger partial charge is 0.508 e. The number of para-hydroxylation sites is 2. The number of ether oxygens (including phenoxy) is 1. The Morgan fingerprint density at radius 1 is 1.10 bits per heavy atom. The van der Waals surface area contributed by atoms with Gasteiger partial charge in [0.25, 0.3) is 0 Å². The summed E-state index contributed by atoms with van der Waals surface area (Å²) >= 11 is 0. The van der Waals surface area contributed by atoms with Crippen LogP contribution >= 0.6 is 0 Å². The second-order valence-electron chi connectivity index (χ2n) is 5.23. The third-order valence-electron chi connectivity index (χ3n) is 3.08.